The molecule has 0 radical (unpaired) electrons. The van der Waals surface area contributed by atoms with E-state index in [-0.39, 0.29) is 67.4 Å². The van der Waals surface area contributed by atoms with Gasteiger partial charge in [-0.3, -0.25) is 9.59 Å². The number of fused-ring (bicyclic) bond motifs is 1. The minimum atomic E-state index is -3.93. The molecule has 2 aromatic rings. The van der Waals surface area contributed by atoms with Gasteiger partial charge in [-0.15, -0.1) is 0 Å². The van der Waals surface area contributed by atoms with Crippen molar-refractivity contribution in [1.82, 2.24) is 20.1 Å². The maximum absolute atomic E-state index is 13.3. The van der Waals surface area contributed by atoms with Gasteiger partial charge >= 0.3 is 0 Å². The zero-order valence-corrected chi connectivity index (χ0v) is 19.3. The zero-order chi connectivity index (χ0) is 23.3. The van der Waals surface area contributed by atoms with Crippen LogP contribution in [0.2, 0.25) is 0 Å². The molecule has 1 aromatic carbocycles. The number of ether oxygens (including phenoxy) is 1. The Morgan fingerprint density at radius 3 is 2.56 bits per heavy atom. The van der Waals surface area contributed by atoms with Crippen molar-refractivity contribution in [3.63, 3.8) is 0 Å². The second-order valence-electron chi connectivity index (χ2n) is 7.61. The molecule has 0 atom stereocenters. The molecule has 0 saturated carbocycles. The number of aryl methyl sites for hydroxylation is 3. The van der Waals surface area contributed by atoms with Crippen molar-refractivity contribution in [3.05, 3.63) is 40.8 Å². The molecule has 0 aliphatic carbocycles. The molecule has 32 heavy (non-hydrogen) atoms. The van der Waals surface area contributed by atoms with Gasteiger partial charge < -0.3 is 19.9 Å². The lowest BCUT2D eigenvalue weighted by Gasteiger charge is -2.22. The van der Waals surface area contributed by atoms with Crippen LogP contribution >= 0.6 is 0 Å². The van der Waals surface area contributed by atoms with Gasteiger partial charge in [-0.2, -0.15) is 4.31 Å². The first-order valence-corrected chi connectivity index (χ1v) is 11.9. The van der Waals surface area contributed by atoms with E-state index in [0.717, 1.165) is 5.56 Å². The van der Waals surface area contributed by atoms with Crippen molar-refractivity contribution in [1.29, 1.82) is 0 Å². The lowest BCUT2D eigenvalue weighted by atomic mass is 10.1. The molecule has 11 heteroatoms. The lowest BCUT2D eigenvalue weighted by Crippen LogP contribution is -2.39. The summed E-state index contributed by atoms with van der Waals surface area (Å²) >= 11 is 0. The van der Waals surface area contributed by atoms with Gasteiger partial charge in [0.05, 0.1) is 12.1 Å². The third-order valence-corrected chi connectivity index (χ3v) is 7.23. The smallest absolute Gasteiger partial charge is 0.255 e. The van der Waals surface area contributed by atoms with Gasteiger partial charge in [-0.05, 0) is 39.3 Å². The standard InChI is InChI=1S/C21H28N4O6S/c1-14-6-7-18-17(13-14)21(27)23-8-11-25(10-4-5-19(26)22-9-12-30-18)32(28,29)20-15(2)24-31-16(20)3/h6-7,13H,4-5,8-12H2,1-3H3,(H,22,26)(H,23,27). The number of nitrogens with zero attached hydrogens (tertiary/aromatic N) is 2. The Bertz CT molecular complexity index is 1080. The summed E-state index contributed by atoms with van der Waals surface area (Å²) < 4.78 is 38.5. The summed E-state index contributed by atoms with van der Waals surface area (Å²) in [4.78, 5) is 24.9. The fourth-order valence-corrected chi connectivity index (χ4v) is 5.29. The molecule has 1 aliphatic rings. The number of benzene rings is 1. The maximum atomic E-state index is 13.3. The first kappa shape index (κ1) is 23.7. The number of amides is 2. The Hall–Kier alpha value is -2.92. The Labute approximate surface area is 187 Å². The fourth-order valence-electron chi connectivity index (χ4n) is 3.52. The second-order valence-corrected chi connectivity index (χ2v) is 9.49. The van der Waals surface area contributed by atoms with Gasteiger partial charge in [0.1, 0.15) is 22.9 Å². The van der Waals surface area contributed by atoms with Crippen molar-refractivity contribution in [2.45, 2.75) is 38.5 Å². The van der Waals surface area contributed by atoms with E-state index >= 15 is 0 Å². The molecule has 2 heterocycles. The number of hydrogen-bond donors (Lipinski definition) is 2. The summed E-state index contributed by atoms with van der Waals surface area (Å²) in [5, 5.41) is 9.26. The van der Waals surface area contributed by atoms with Crippen molar-refractivity contribution in [3.8, 4) is 5.75 Å². The van der Waals surface area contributed by atoms with Gasteiger partial charge in [0, 0.05) is 26.1 Å². The lowest BCUT2D eigenvalue weighted by molar-refractivity contribution is -0.121. The molecule has 10 nitrogen and oxygen atoms in total. The minimum absolute atomic E-state index is 0.0144. The van der Waals surface area contributed by atoms with Crippen LogP contribution in [-0.2, 0) is 14.8 Å². The Balaban J connectivity index is 1.86. The van der Waals surface area contributed by atoms with Crippen LogP contribution in [0.25, 0.3) is 0 Å². The molecule has 174 valence electrons. The number of carbonyl (C=O) groups is 2. The highest BCUT2D eigenvalue weighted by atomic mass is 32.2. The molecule has 3 rings (SSSR count). The van der Waals surface area contributed by atoms with Crippen molar-refractivity contribution in [2.24, 2.45) is 0 Å². The van der Waals surface area contributed by atoms with E-state index in [9.17, 15) is 18.0 Å². The van der Waals surface area contributed by atoms with Gasteiger partial charge in [0.2, 0.25) is 15.9 Å². The highest BCUT2D eigenvalue weighted by Gasteiger charge is 2.31. The summed E-state index contributed by atoms with van der Waals surface area (Å²) in [6, 6.07) is 5.24. The first-order valence-electron chi connectivity index (χ1n) is 10.4. The average Bonchev–Trinajstić information content (AvgIpc) is 3.08. The first-order chi connectivity index (χ1) is 15.2. The average molecular weight is 465 g/mol. The van der Waals surface area contributed by atoms with E-state index in [1.54, 1.807) is 19.1 Å². The highest BCUT2D eigenvalue weighted by Crippen LogP contribution is 2.24. The predicted molar refractivity (Wildman–Crippen MR) is 116 cm³/mol. The molecule has 2 N–H and O–H groups in total. The monoisotopic (exact) mass is 464 g/mol. The van der Waals surface area contributed by atoms with Crippen LogP contribution < -0.4 is 15.4 Å². The third-order valence-electron chi connectivity index (χ3n) is 5.09. The molecule has 0 spiro atoms. The van der Waals surface area contributed by atoms with E-state index < -0.39 is 10.0 Å². The predicted octanol–water partition coefficient (Wildman–Crippen LogP) is 1.31. The number of hydrogen-bond acceptors (Lipinski definition) is 7. The van der Waals surface area contributed by atoms with Crippen LogP contribution in [0.15, 0.2) is 27.6 Å². The topological polar surface area (TPSA) is 131 Å². The van der Waals surface area contributed by atoms with Crippen molar-refractivity contribution in [2.75, 3.05) is 32.8 Å². The van der Waals surface area contributed by atoms with Crippen molar-refractivity contribution >= 4 is 21.8 Å². The molecular weight excluding hydrogens is 436 g/mol. The van der Waals surface area contributed by atoms with Gasteiger partial charge in [0.15, 0.2) is 5.76 Å². The summed E-state index contributed by atoms with van der Waals surface area (Å²) in [5.41, 5.74) is 1.50. The molecule has 0 fully saturated rings. The third kappa shape index (κ3) is 5.46. The van der Waals surface area contributed by atoms with Crippen LogP contribution in [-0.4, -0.2) is 62.5 Å². The zero-order valence-electron chi connectivity index (χ0n) is 18.4. The van der Waals surface area contributed by atoms with E-state index in [1.807, 2.05) is 13.0 Å². The minimum Gasteiger partial charge on any atom is -0.491 e. The highest BCUT2D eigenvalue weighted by molar-refractivity contribution is 7.89. The van der Waals surface area contributed by atoms with E-state index in [1.165, 1.54) is 11.2 Å². The number of carbonyl (C=O) groups excluding carboxylic acids is 2. The fraction of sp³-hybridized carbons (Fsp3) is 0.476. The normalized spacial score (nSPS) is 17.3. The SMILES string of the molecule is Cc1ccc2c(c1)C(=O)NCCN(S(=O)(=O)c1c(C)noc1C)CCCC(=O)NCCO2. The molecule has 0 saturated heterocycles. The number of nitrogens with one attached hydrogen (secondary N) is 2. The Morgan fingerprint density at radius 2 is 1.84 bits per heavy atom. The Kier molecular flexibility index (Phi) is 7.52. The maximum Gasteiger partial charge on any atom is 0.255 e. The summed E-state index contributed by atoms with van der Waals surface area (Å²) in [6.45, 7) is 5.67. The van der Waals surface area contributed by atoms with Crippen LogP contribution in [0.3, 0.4) is 0 Å². The molecule has 1 aromatic heterocycles. The quantitative estimate of drug-likeness (QED) is 0.685. The second kappa shape index (κ2) is 10.1. The van der Waals surface area contributed by atoms with Gasteiger partial charge in [-0.25, -0.2) is 8.42 Å². The summed E-state index contributed by atoms with van der Waals surface area (Å²) in [6.07, 6.45) is 0.485. The molecule has 0 unspecified atom stereocenters. The van der Waals surface area contributed by atoms with Crippen LogP contribution in [0, 0.1) is 20.8 Å². The number of sulfonamides is 1. The van der Waals surface area contributed by atoms with Crippen molar-refractivity contribution < 1.29 is 27.3 Å². The van der Waals surface area contributed by atoms with Crippen LogP contribution in [0.4, 0.5) is 0 Å². The largest absolute Gasteiger partial charge is 0.491 e. The van der Waals surface area contributed by atoms with Crippen LogP contribution in [0.5, 0.6) is 5.75 Å². The summed E-state index contributed by atoms with van der Waals surface area (Å²) in [5.74, 6) is 0.0351. The summed E-state index contributed by atoms with van der Waals surface area (Å²) in [7, 11) is -3.93. The Morgan fingerprint density at radius 1 is 1.06 bits per heavy atom. The van der Waals surface area contributed by atoms with Crippen LogP contribution in [0.1, 0.15) is 40.2 Å². The molecule has 0 bridgehead atoms. The van der Waals surface area contributed by atoms with Gasteiger partial charge in [0.25, 0.3) is 5.91 Å². The van der Waals surface area contributed by atoms with E-state index in [0.29, 0.717) is 17.7 Å². The number of aromatic nitrogens is 1. The van der Waals surface area contributed by atoms with E-state index in [4.69, 9.17) is 9.26 Å². The molecule has 1 aliphatic heterocycles. The molecular formula is C21H28N4O6S. The molecule has 2 amide bonds. The van der Waals surface area contributed by atoms with Gasteiger partial charge in [-0.1, -0.05) is 16.8 Å². The number of rotatable bonds is 2. The van der Waals surface area contributed by atoms with E-state index in [2.05, 4.69) is 15.8 Å².